The molecule has 0 spiro atoms. The Morgan fingerprint density at radius 1 is 1.14 bits per heavy atom. The molecule has 2 aromatic rings. The Balaban J connectivity index is 1.87. The van der Waals surface area contributed by atoms with E-state index in [2.05, 4.69) is 26.1 Å². The SMILES string of the molecule is CC(=O)N1CCc2c(sc(NC(=O)c3ccc(C(C)(C)C)cc3)c2C(N)=O)C1. The molecule has 1 aromatic carbocycles. The highest BCUT2D eigenvalue weighted by Crippen LogP contribution is 2.37. The minimum atomic E-state index is -0.563. The van der Waals surface area contributed by atoms with Crippen LogP contribution in [0.15, 0.2) is 24.3 Å². The lowest BCUT2D eigenvalue weighted by Gasteiger charge is -2.25. The van der Waals surface area contributed by atoms with Crippen LogP contribution >= 0.6 is 11.3 Å². The number of nitrogens with two attached hydrogens (primary N) is 1. The third-order valence-electron chi connectivity index (χ3n) is 4.99. The summed E-state index contributed by atoms with van der Waals surface area (Å²) in [6, 6.07) is 7.44. The number of nitrogens with one attached hydrogen (secondary N) is 1. The summed E-state index contributed by atoms with van der Waals surface area (Å²) in [6.45, 7) is 8.84. The third kappa shape index (κ3) is 3.94. The lowest BCUT2D eigenvalue weighted by Crippen LogP contribution is -2.34. The van der Waals surface area contributed by atoms with Gasteiger partial charge in [-0.1, -0.05) is 32.9 Å². The van der Waals surface area contributed by atoms with Crippen LogP contribution in [0.5, 0.6) is 0 Å². The summed E-state index contributed by atoms with van der Waals surface area (Å²) < 4.78 is 0. The number of hydrogen-bond donors (Lipinski definition) is 2. The van der Waals surface area contributed by atoms with Crippen molar-refractivity contribution in [3.8, 4) is 0 Å². The molecule has 28 heavy (non-hydrogen) atoms. The molecule has 1 aliphatic rings. The number of carbonyl (C=O) groups is 3. The maximum Gasteiger partial charge on any atom is 0.256 e. The van der Waals surface area contributed by atoms with Gasteiger partial charge in [-0.25, -0.2) is 0 Å². The molecule has 0 unspecified atom stereocenters. The summed E-state index contributed by atoms with van der Waals surface area (Å²) in [5, 5.41) is 3.29. The van der Waals surface area contributed by atoms with Crippen LogP contribution in [0.4, 0.5) is 5.00 Å². The van der Waals surface area contributed by atoms with Gasteiger partial charge in [0, 0.05) is 23.9 Å². The molecule has 0 bridgehead atoms. The molecule has 0 radical (unpaired) electrons. The Labute approximate surface area is 168 Å². The second-order valence-electron chi connectivity index (χ2n) is 8.04. The highest BCUT2D eigenvalue weighted by atomic mass is 32.1. The van der Waals surface area contributed by atoms with Gasteiger partial charge in [0.25, 0.3) is 11.8 Å². The van der Waals surface area contributed by atoms with Crippen LogP contribution < -0.4 is 11.1 Å². The predicted molar refractivity (Wildman–Crippen MR) is 111 cm³/mol. The fourth-order valence-electron chi connectivity index (χ4n) is 3.32. The van der Waals surface area contributed by atoms with E-state index < -0.39 is 5.91 Å². The highest BCUT2D eigenvalue weighted by Gasteiger charge is 2.28. The molecule has 148 valence electrons. The van der Waals surface area contributed by atoms with Gasteiger partial charge in [0.15, 0.2) is 0 Å². The molecule has 0 atom stereocenters. The summed E-state index contributed by atoms with van der Waals surface area (Å²) in [4.78, 5) is 39.0. The van der Waals surface area contributed by atoms with Gasteiger partial charge in [0.1, 0.15) is 5.00 Å². The number of rotatable bonds is 3. The average Bonchev–Trinajstić information content (AvgIpc) is 2.98. The highest BCUT2D eigenvalue weighted by molar-refractivity contribution is 7.17. The Morgan fingerprint density at radius 2 is 1.79 bits per heavy atom. The Bertz CT molecular complexity index is 939. The second-order valence-corrected chi connectivity index (χ2v) is 9.15. The first-order valence-electron chi connectivity index (χ1n) is 9.19. The number of primary amides is 1. The van der Waals surface area contributed by atoms with E-state index in [9.17, 15) is 14.4 Å². The third-order valence-corrected chi connectivity index (χ3v) is 6.12. The van der Waals surface area contributed by atoms with Gasteiger partial charge in [-0.05, 0) is 35.1 Å². The maximum atomic E-state index is 12.7. The monoisotopic (exact) mass is 399 g/mol. The molecular weight excluding hydrogens is 374 g/mol. The lowest BCUT2D eigenvalue weighted by atomic mass is 9.87. The minimum absolute atomic E-state index is 0.00351. The molecule has 3 amide bonds. The largest absolute Gasteiger partial charge is 0.365 e. The summed E-state index contributed by atoms with van der Waals surface area (Å²) in [6.07, 6.45) is 0.555. The summed E-state index contributed by atoms with van der Waals surface area (Å²) in [5.74, 6) is -0.860. The van der Waals surface area contributed by atoms with Crippen molar-refractivity contribution in [2.75, 3.05) is 11.9 Å². The van der Waals surface area contributed by atoms with Gasteiger partial charge >= 0.3 is 0 Å². The van der Waals surface area contributed by atoms with E-state index >= 15 is 0 Å². The predicted octanol–water partition coefficient (Wildman–Crippen LogP) is 3.30. The standard InChI is InChI=1S/C21H25N3O3S/c1-12(25)24-10-9-15-16(11-24)28-20(17(15)18(22)26)23-19(27)13-5-7-14(8-6-13)21(2,3)4/h5-8H,9-11H2,1-4H3,(H2,22,26)(H,23,27). The fraction of sp³-hybridized carbons (Fsp3) is 0.381. The van der Waals surface area contributed by atoms with Gasteiger partial charge in [-0.15, -0.1) is 11.3 Å². The van der Waals surface area contributed by atoms with Crippen molar-refractivity contribution in [1.29, 1.82) is 0 Å². The molecule has 3 rings (SSSR count). The van der Waals surface area contributed by atoms with Gasteiger partial charge in [0.2, 0.25) is 5.91 Å². The zero-order chi connectivity index (χ0) is 20.6. The van der Waals surface area contributed by atoms with Crippen LogP contribution in [0.25, 0.3) is 0 Å². The number of hydrogen-bond acceptors (Lipinski definition) is 4. The van der Waals surface area contributed by atoms with Crippen LogP contribution in [0, 0.1) is 0 Å². The lowest BCUT2D eigenvalue weighted by molar-refractivity contribution is -0.129. The van der Waals surface area contributed by atoms with E-state index in [-0.39, 0.29) is 17.2 Å². The number of nitrogens with zero attached hydrogens (tertiary/aromatic N) is 1. The van der Waals surface area contributed by atoms with E-state index in [0.717, 1.165) is 16.0 Å². The molecule has 2 heterocycles. The van der Waals surface area contributed by atoms with Crippen molar-refractivity contribution in [3.63, 3.8) is 0 Å². The zero-order valence-corrected chi connectivity index (χ0v) is 17.4. The molecule has 6 nitrogen and oxygen atoms in total. The molecule has 3 N–H and O–H groups in total. The van der Waals surface area contributed by atoms with Crippen molar-refractivity contribution in [2.24, 2.45) is 5.73 Å². The number of thiophene rings is 1. The molecule has 0 aliphatic carbocycles. The summed E-state index contributed by atoms with van der Waals surface area (Å²) >= 11 is 1.32. The Hall–Kier alpha value is -2.67. The zero-order valence-electron chi connectivity index (χ0n) is 16.6. The van der Waals surface area contributed by atoms with E-state index in [0.29, 0.717) is 35.6 Å². The van der Waals surface area contributed by atoms with E-state index in [1.165, 1.54) is 18.3 Å². The quantitative estimate of drug-likeness (QED) is 0.829. The molecule has 1 aromatic heterocycles. The molecule has 0 saturated carbocycles. The fourth-order valence-corrected chi connectivity index (χ4v) is 4.58. The smallest absolute Gasteiger partial charge is 0.256 e. The van der Waals surface area contributed by atoms with Crippen molar-refractivity contribution < 1.29 is 14.4 Å². The van der Waals surface area contributed by atoms with Crippen LogP contribution in [-0.4, -0.2) is 29.2 Å². The van der Waals surface area contributed by atoms with Crippen LogP contribution in [0.3, 0.4) is 0 Å². The number of carbonyl (C=O) groups excluding carboxylic acids is 3. The maximum absolute atomic E-state index is 12.7. The van der Waals surface area contributed by atoms with Gasteiger partial charge < -0.3 is 16.0 Å². The van der Waals surface area contributed by atoms with Crippen LogP contribution in [-0.2, 0) is 23.2 Å². The van der Waals surface area contributed by atoms with Crippen LogP contribution in [0.1, 0.15) is 64.4 Å². The normalized spacial score (nSPS) is 13.8. The first kappa shape index (κ1) is 20.1. The first-order valence-corrected chi connectivity index (χ1v) is 10.0. The number of fused-ring (bicyclic) bond motifs is 1. The van der Waals surface area contributed by atoms with Gasteiger partial charge in [-0.2, -0.15) is 0 Å². The second kappa shape index (κ2) is 7.39. The van der Waals surface area contributed by atoms with Gasteiger partial charge in [-0.3, -0.25) is 14.4 Å². The van der Waals surface area contributed by atoms with E-state index in [4.69, 9.17) is 5.73 Å². The molecule has 7 heteroatoms. The average molecular weight is 400 g/mol. The Kier molecular flexibility index (Phi) is 5.30. The molecule has 0 fully saturated rings. The first-order chi connectivity index (χ1) is 13.1. The van der Waals surface area contributed by atoms with E-state index in [1.807, 2.05) is 12.1 Å². The molecule has 1 aliphatic heterocycles. The number of amides is 3. The molecule has 0 saturated heterocycles. The van der Waals surface area contributed by atoms with Crippen LogP contribution in [0.2, 0.25) is 0 Å². The van der Waals surface area contributed by atoms with Crippen molar-refractivity contribution >= 4 is 34.1 Å². The Morgan fingerprint density at radius 3 is 2.32 bits per heavy atom. The molecular formula is C21H25N3O3S. The topological polar surface area (TPSA) is 92.5 Å². The minimum Gasteiger partial charge on any atom is -0.365 e. The van der Waals surface area contributed by atoms with Gasteiger partial charge in [0.05, 0.1) is 12.1 Å². The van der Waals surface area contributed by atoms with Crippen molar-refractivity contribution in [1.82, 2.24) is 4.90 Å². The summed E-state index contributed by atoms with van der Waals surface area (Å²) in [7, 11) is 0. The van der Waals surface area contributed by atoms with E-state index in [1.54, 1.807) is 17.0 Å². The van der Waals surface area contributed by atoms with Crippen molar-refractivity contribution in [2.45, 2.75) is 46.1 Å². The number of anilines is 1. The summed E-state index contributed by atoms with van der Waals surface area (Å²) in [5.41, 5.74) is 8.45. The number of benzene rings is 1. The van der Waals surface area contributed by atoms with Crippen molar-refractivity contribution in [3.05, 3.63) is 51.4 Å².